The Morgan fingerprint density at radius 2 is 2.06 bits per heavy atom. The number of nitrogens with one attached hydrogen (secondary N) is 1. The summed E-state index contributed by atoms with van der Waals surface area (Å²) in [6.07, 6.45) is 4.89. The second kappa shape index (κ2) is 6.51. The molecule has 0 saturated carbocycles. The fourth-order valence-electron chi connectivity index (χ4n) is 1.80. The average Bonchev–Trinajstić information content (AvgIpc) is 2.25. The third kappa shape index (κ3) is 3.84. The first-order valence-electron chi connectivity index (χ1n) is 6.16. The maximum absolute atomic E-state index is 13.3. The molecule has 1 aromatic rings. The molecular weight excluding hydrogens is 201 g/mol. The van der Waals surface area contributed by atoms with Crippen LogP contribution in [-0.4, -0.2) is 6.04 Å². The fraction of sp³-hybridized carbons (Fsp3) is 0.571. The van der Waals surface area contributed by atoms with E-state index in [9.17, 15) is 4.39 Å². The summed E-state index contributed by atoms with van der Waals surface area (Å²) in [6, 6.07) is 5.60. The summed E-state index contributed by atoms with van der Waals surface area (Å²) in [7, 11) is 0. The van der Waals surface area contributed by atoms with E-state index in [0.29, 0.717) is 11.6 Å². The molecule has 1 N–H and O–H groups in total. The fourth-order valence-corrected chi connectivity index (χ4v) is 1.80. The Morgan fingerprint density at radius 1 is 1.31 bits per heavy atom. The minimum absolute atomic E-state index is 0.134. The highest BCUT2D eigenvalue weighted by Gasteiger charge is 2.06. The third-order valence-corrected chi connectivity index (χ3v) is 2.91. The van der Waals surface area contributed by atoms with Crippen molar-refractivity contribution >= 4 is 5.69 Å². The molecule has 1 aromatic carbocycles. The van der Waals surface area contributed by atoms with E-state index in [1.165, 1.54) is 25.3 Å². The van der Waals surface area contributed by atoms with E-state index in [2.05, 4.69) is 19.2 Å². The zero-order valence-corrected chi connectivity index (χ0v) is 10.5. The Labute approximate surface area is 98.1 Å². The minimum atomic E-state index is -0.134. The molecule has 0 aliphatic carbocycles. The van der Waals surface area contributed by atoms with Crippen molar-refractivity contribution in [2.45, 2.75) is 52.5 Å². The molecular formula is C14H22FN. The monoisotopic (exact) mass is 223 g/mol. The smallest absolute Gasteiger partial charge is 0.128 e. The summed E-state index contributed by atoms with van der Waals surface area (Å²) < 4.78 is 13.3. The Morgan fingerprint density at radius 3 is 2.75 bits per heavy atom. The van der Waals surface area contributed by atoms with Gasteiger partial charge in [0.2, 0.25) is 0 Å². The molecule has 1 atom stereocenters. The van der Waals surface area contributed by atoms with Crippen LogP contribution in [-0.2, 0) is 0 Å². The molecule has 0 fully saturated rings. The quantitative estimate of drug-likeness (QED) is 0.699. The Bertz CT molecular complexity index is 323. The topological polar surface area (TPSA) is 12.0 Å². The predicted molar refractivity (Wildman–Crippen MR) is 68.4 cm³/mol. The summed E-state index contributed by atoms with van der Waals surface area (Å²) >= 11 is 0. The van der Waals surface area contributed by atoms with Crippen LogP contribution in [0, 0.1) is 12.7 Å². The number of halogens is 1. The molecule has 1 rings (SSSR count). The van der Waals surface area contributed by atoms with Crippen LogP contribution < -0.4 is 5.32 Å². The van der Waals surface area contributed by atoms with Gasteiger partial charge in [0.25, 0.3) is 0 Å². The largest absolute Gasteiger partial charge is 0.382 e. The lowest BCUT2D eigenvalue weighted by Crippen LogP contribution is -2.15. The first kappa shape index (κ1) is 13.0. The van der Waals surface area contributed by atoms with E-state index in [1.807, 2.05) is 13.0 Å². The van der Waals surface area contributed by atoms with Crippen molar-refractivity contribution in [2.75, 3.05) is 5.32 Å². The second-order valence-electron chi connectivity index (χ2n) is 4.45. The Kier molecular flexibility index (Phi) is 5.30. The molecule has 0 aliphatic heterocycles. The van der Waals surface area contributed by atoms with Gasteiger partial charge in [-0.05, 0) is 32.4 Å². The summed E-state index contributed by atoms with van der Waals surface area (Å²) in [4.78, 5) is 0. The van der Waals surface area contributed by atoms with Crippen molar-refractivity contribution in [3.05, 3.63) is 29.6 Å². The zero-order chi connectivity index (χ0) is 12.0. The molecule has 16 heavy (non-hydrogen) atoms. The maximum atomic E-state index is 13.3. The number of rotatable bonds is 6. The number of hydrogen-bond acceptors (Lipinski definition) is 1. The summed E-state index contributed by atoms with van der Waals surface area (Å²) in [5.74, 6) is -0.134. The second-order valence-corrected chi connectivity index (χ2v) is 4.45. The molecule has 1 unspecified atom stereocenters. The third-order valence-electron chi connectivity index (χ3n) is 2.91. The normalized spacial score (nSPS) is 12.5. The predicted octanol–water partition coefficient (Wildman–Crippen LogP) is 4.51. The average molecular weight is 223 g/mol. The van der Waals surface area contributed by atoms with Crippen molar-refractivity contribution in [2.24, 2.45) is 0 Å². The van der Waals surface area contributed by atoms with Crippen LogP contribution >= 0.6 is 0 Å². The lowest BCUT2D eigenvalue weighted by atomic mass is 10.1. The molecule has 0 heterocycles. The van der Waals surface area contributed by atoms with E-state index in [-0.39, 0.29) is 5.82 Å². The molecule has 0 aliphatic rings. The SMILES string of the molecule is CCCCCC(C)Nc1cccc(F)c1C. The van der Waals surface area contributed by atoms with Crippen molar-refractivity contribution in [3.63, 3.8) is 0 Å². The molecule has 0 bridgehead atoms. The molecule has 0 radical (unpaired) electrons. The van der Waals surface area contributed by atoms with Crippen molar-refractivity contribution in [1.82, 2.24) is 0 Å². The van der Waals surface area contributed by atoms with E-state index < -0.39 is 0 Å². The minimum Gasteiger partial charge on any atom is -0.382 e. The number of benzene rings is 1. The van der Waals surface area contributed by atoms with Crippen LogP contribution in [0.2, 0.25) is 0 Å². The van der Waals surface area contributed by atoms with Crippen LogP contribution in [0.3, 0.4) is 0 Å². The van der Waals surface area contributed by atoms with E-state index in [4.69, 9.17) is 0 Å². The van der Waals surface area contributed by atoms with Crippen LogP contribution in [0.5, 0.6) is 0 Å². The number of anilines is 1. The van der Waals surface area contributed by atoms with Gasteiger partial charge in [0.1, 0.15) is 5.82 Å². The van der Waals surface area contributed by atoms with Gasteiger partial charge in [-0.2, -0.15) is 0 Å². The van der Waals surface area contributed by atoms with Crippen molar-refractivity contribution in [3.8, 4) is 0 Å². The first-order valence-corrected chi connectivity index (χ1v) is 6.16. The summed E-state index contributed by atoms with van der Waals surface area (Å²) in [5.41, 5.74) is 1.63. The van der Waals surface area contributed by atoms with Crippen LogP contribution in [0.25, 0.3) is 0 Å². The van der Waals surface area contributed by atoms with Gasteiger partial charge in [-0.25, -0.2) is 4.39 Å². The van der Waals surface area contributed by atoms with Gasteiger partial charge in [0.05, 0.1) is 0 Å². The Balaban J connectivity index is 2.49. The van der Waals surface area contributed by atoms with Crippen LogP contribution in [0.15, 0.2) is 18.2 Å². The van der Waals surface area contributed by atoms with Crippen molar-refractivity contribution in [1.29, 1.82) is 0 Å². The maximum Gasteiger partial charge on any atom is 0.128 e. The summed E-state index contributed by atoms with van der Waals surface area (Å²) in [5, 5.41) is 3.37. The van der Waals surface area contributed by atoms with Crippen molar-refractivity contribution < 1.29 is 4.39 Å². The van der Waals surface area contributed by atoms with Gasteiger partial charge >= 0.3 is 0 Å². The van der Waals surface area contributed by atoms with Gasteiger partial charge in [-0.15, -0.1) is 0 Å². The highest BCUT2D eigenvalue weighted by atomic mass is 19.1. The molecule has 0 amide bonds. The van der Waals surface area contributed by atoms with Gasteiger partial charge in [0.15, 0.2) is 0 Å². The lowest BCUT2D eigenvalue weighted by molar-refractivity contribution is 0.607. The molecule has 0 aromatic heterocycles. The first-order chi connectivity index (χ1) is 7.65. The van der Waals surface area contributed by atoms with Crippen LogP contribution in [0.1, 0.15) is 45.1 Å². The highest BCUT2D eigenvalue weighted by molar-refractivity contribution is 5.51. The molecule has 1 nitrogen and oxygen atoms in total. The number of hydrogen-bond donors (Lipinski definition) is 1. The zero-order valence-electron chi connectivity index (χ0n) is 10.5. The lowest BCUT2D eigenvalue weighted by Gasteiger charge is -2.17. The molecule has 90 valence electrons. The molecule has 2 heteroatoms. The highest BCUT2D eigenvalue weighted by Crippen LogP contribution is 2.19. The summed E-state index contributed by atoms with van der Waals surface area (Å²) in [6.45, 7) is 6.17. The standard InChI is InChI=1S/C14H22FN/c1-4-5-6-8-11(2)16-14-10-7-9-13(15)12(14)3/h7,9-11,16H,4-6,8H2,1-3H3. The van der Waals surface area contributed by atoms with E-state index in [0.717, 1.165) is 12.1 Å². The van der Waals surface area contributed by atoms with Crippen LogP contribution in [0.4, 0.5) is 10.1 Å². The van der Waals surface area contributed by atoms with Gasteiger partial charge in [-0.1, -0.05) is 32.3 Å². The molecule has 0 saturated heterocycles. The van der Waals surface area contributed by atoms with Gasteiger partial charge in [-0.3, -0.25) is 0 Å². The number of unbranched alkanes of at least 4 members (excludes halogenated alkanes) is 2. The van der Waals surface area contributed by atoms with Gasteiger partial charge in [0, 0.05) is 17.3 Å². The van der Waals surface area contributed by atoms with E-state index >= 15 is 0 Å². The Hall–Kier alpha value is -1.05. The van der Waals surface area contributed by atoms with E-state index in [1.54, 1.807) is 6.07 Å². The van der Waals surface area contributed by atoms with Gasteiger partial charge < -0.3 is 5.32 Å². The molecule has 0 spiro atoms.